The lowest BCUT2D eigenvalue weighted by Crippen LogP contribution is -2.38. The van der Waals surface area contributed by atoms with Crippen molar-refractivity contribution in [3.8, 4) is 0 Å². The maximum atomic E-state index is 12.1. The van der Waals surface area contributed by atoms with Crippen LogP contribution >= 0.6 is 24.0 Å². The fourth-order valence-corrected chi connectivity index (χ4v) is 3.35. The molecule has 1 aromatic heterocycles. The number of anilines is 1. The quantitative estimate of drug-likeness (QED) is 0.580. The molecular weight excluding hydrogens is 344 g/mol. The molecule has 2 N–H and O–H groups in total. The molecule has 0 radical (unpaired) electrons. The Balaban J connectivity index is 1.40. The first-order chi connectivity index (χ1) is 11.7. The Hall–Kier alpha value is -1.90. The maximum absolute atomic E-state index is 12.1. The van der Waals surface area contributed by atoms with Crippen LogP contribution in [-0.4, -0.2) is 38.4 Å². The highest BCUT2D eigenvalue weighted by Crippen LogP contribution is 2.15. The van der Waals surface area contributed by atoms with Gasteiger partial charge in [0.2, 0.25) is 5.91 Å². The van der Waals surface area contributed by atoms with E-state index in [0.717, 1.165) is 5.56 Å². The van der Waals surface area contributed by atoms with Gasteiger partial charge in [-0.25, -0.2) is 0 Å². The molecule has 8 heteroatoms. The Kier molecular flexibility index (Phi) is 5.84. The van der Waals surface area contributed by atoms with Gasteiger partial charge in [0.1, 0.15) is 10.4 Å². The van der Waals surface area contributed by atoms with E-state index in [-0.39, 0.29) is 11.9 Å². The third-order valence-corrected chi connectivity index (χ3v) is 4.82. The number of rotatable bonds is 7. The predicted octanol–water partition coefficient (Wildman–Crippen LogP) is 2.03. The first-order valence-electron chi connectivity index (χ1n) is 7.59. The number of carbonyl (C=O) groups is 1. The molecule has 0 saturated carbocycles. The third-order valence-electron chi connectivity index (χ3n) is 3.47. The van der Waals surface area contributed by atoms with Gasteiger partial charge in [-0.1, -0.05) is 54.3 Å². The molecule has 1 aromatic carbocycles. The van der Waals surface area contributed by atoms with Gasteiger partial charge in [0.05, 0.1) is 31.6 Å². The lowest BCUT2D eigenvalue weighted by molar-refractivity contribution is -0.117. The van der Waals surface area contributed by atoms with Gasteiger partial charge in [0, 0.05) is 11.9 Å². The van der Waals surface area contributed by atoms with Crippen molar-refractivity contribution in [1.29, 1.82) is 0 Å². The summed E-state index contributed by atoms with van der Waals surface area (Å²) in [5, 5.41) is 10.0. The number of thiocarbonyl (C=S) groups is 1. The van der Waals surface area contributed by atoms with Crippen LogP contribution in [0.4, 0.5) is 5.69 Å². The van der Waals surface area contributed by atoms with E-state index in [4.69, 9.17) is 17.0 Å². The van der Waals surface area contributed by atoms with E-state index >= 15 is 0 Å². The summed E-state index contributed by atoms with van der Waals surface area (Å²) in [6.45, 7) is 1.76. The molecule has 3 rings (SSSR count). The highest BCUT2D eigenvalue weighted by molar-refractivity contribution is 8.23. The largest absolute Gasteiger partial charge is 0.375 e. The molecule has 1 fully saturated rings. The van der Waals surface area contributed by atoms with E-state index in [2.05, 4.69) is 15.7 Å². The molecule has 2 aromatic rings. The summed E-state index contributed by atoms with van der Waals surface area (Å²) in [6, 6.07) is 9.75. The molecule has 0 bridgehead atoms. The molecule has 1 amide bonds. The molecular formula is C16H18N4O2S2. The van der Waals surface area contributed by atoms with Crippen LogP contribution in [0.25, 0.3) is 0 Å². The minimum Gasteiger partial charge on any atom is -0.375 e. The predicted molar refractivity (Wildman–Crippen MR) is 98.9 cm³/mol. The zero-order chi connectivity index (χ0) is 16.8. The van der Waals surface area contributed by atoms with Crippen LogP contribution in [0, 0.1) is 0 Å². The van der Waals surface area contributed by atoms with Crippen molar-refractivity contribution in [3.05, 3.63) is 48.3 Å². The van der Waals surface area contributed by atoms with Crippen molar-refractivity contribution >= 4 is 39.9 Å². The topological polar surface area (TPSA) is 68.2 Å². The molecule has 126 valence electrons. The summed E-state index contributed by atoms with van der Waals surface area (Å²) in [4.78, 5) is 12.1. The molecule has 0 aliphatic carbocycles. The zero-order valence-corrected chi connectivity index (χ0v) is 14.6. The van der Waals surface area contributed by atoms with Gasteiger partial charge in [-0.15, -0.1) is 0 Å². The van der Waals surface area contributed by atoms with Gasteiger partial charge < -0.3 is 15.4 Å². The highest BCUT2D eigenvalue weighted by Gasteiger charge is 2.25. The summed E-state index contributed by atoms with van der Waals surface area (Å²) >= 11 is 6.50. The second-order valence-electron chi connectivity index (χ2n) is 5.31. The summed E-state index contributed by atoms with van der Waals surface area (Å²) in [6.07, 6.45) is 3.43. The first kappa shape index (κ1) is 16.9. The minimum absolute atomic E-state index is 0.0952. The van der Waals surface area contributed by atoms with E-state index in [1.807, 2.05) is 30.3 Å². The first-order valence-corrected chi connectivity index (χ1v) is 8.98. The monoisotopic (exact) mass is 362 g/mol. The van der Waals surface area contributed by atoms with Crippen LogP contribution in [-0.2, 0) is 22.7 Å². The molecule has 6 nitrogen and oxygen atoms in total. The number of nitrogens with one attached hydrogen (secondary N) is 2. The van der Waals surface area contributed by atoms with E-state index in [0.29, 0.717) is 35.5 Å². The van der Waals surface area contributed by atoms with Crippen molar-refractivity contribution in [2.24, 2.45) is 0 Å². The smallest absolute Gasteiger partial charge is 0.247 e. The average Bonchev–Trinajstić information content (AvgIpc) is 3.22. The zero-order valence-electron chi connectivity index (χ0n) is 13.0. The van der Waals surface area contributed by atoms with Gasteiger partial charge in [-0.05, 0) is 5.56 Å². The van der Waals surface area contributed by atoms with Crippen molar-refractivity contribution in [1.82, 2.24) is 15.1 Å². The molecule has 0 unspecified atom stereocenters. The number of thioether (sulfide) groups is 1. The Morgan fingerprint density at radius 2 is 2.29 bits per heavy atom. The molecule has 1 saturated heterocycles. The summed E-state index contributed by atoms with van der Waals surface area (Å²) in [5.41, 5.74) is 1.82. The van der Waals surface area contributed by atoms with Gasteiger partial charge in [0.25, 0.3) is 0 Å². The summed E-state index contributed by atoms with van der Waals surface area (Å²) in [5.74, 6) is 0.564. The van der Waals surface area contributed by atoms with E-state index < -0.39 is 0 Å². The Bertz CT molecular complexity index is 705. The second-order valence-corrected chi connectivity index (χ2v) is 7.01. The maximum Gasteiger partial charge on any atom is 0.247 e. The number of carbonyl (C=O) groups excluding carboxylic acids is 1. The number of hydrogen-bond donors (Lipinski definition) is 2. The van der Waals surface area contributed by atoms with Crippen molar-refractivity contribution in [2.45, 2.75) is 19.2 Å². The Labute approximate surface area is 150 Å². The fourth-order valence-electron chi connectivity index (χ4n) is 2.23. The summed E-state index contributed by atoms with van der Waals surface area (Å²) < 4.78 is 8.05. The SMILES string of the molecule is O=C(Nc1cnn(CCOCc2ccccc2)c1)[C@@H]1CSC(=S)N1. The van der Waals surface area contributed by atoms with Crippen LogP contribution in [0.5, 0.6) is 0 Å². The lowest BCUT2D eigenvalue weighted by atomic mass is 10.2. The molecule has 1 aliphatic rings. The van der Waals surface area contributed by atoms with Crippen LogP contribution in [0.1, 0.15) is 5.56 Å². The van der Waals surface area contributed by atoms with Crippen LogP contribution in [0.15, 0.2) is 42.7 Å². The van der Waals surface area contributed by atoms with E-state index in [1.54, 1.807) is 17.1 Å². The highest BCUT2D eigenvalue weighted by atomic mass is 32.2. The van der Waals surface area contributed by atoms with Crippen LogP contribution in [0.2, 0.25) is 0 Å². The van der Waals surface area contributed by atoms with Gasteiger partial charge >= 0.3 is 0 Å². The van der Waals surface area contributed by atoms with Crippen molar-refractivity contribution < 1.29 is 9.53 Å². The molecule has 1 aliphatic heterocycles. The standard InChI is InChI=1S/C16H18N4O2S2/c21-15(14-11-24-16(23)19-14)18-13-8-17-20(9-13)6-7-22-10-12-4-2-1-3-5-12/h1-5,8-9,14H,6-7,10-11H2,(H,18,21)(H,19,23)/t14-/m0/s1. The third kappa shape index (κ3) is 4.80. The normalized spacial score (nSPS) is 16.8. The molecule has 24 heavy (non-hydrogen) atoms. The van der Waals surface area contributed by atoms with Gasteiger partial charge in [-0.3, -0.25) is 9.48 Å². The van der Waals surface area contributed by atoms with Crippen molar-refractivity contribution in [2.75, 3.05) is 17.7 Å². The van der Waals surface area contributed by atoms with Gasteiger partial charge in [-0.2, -0.15) is 5.10 Å². The Morgan fingerprint density at radius 3 is 3.04 bits per heavy atom. The van der Waals surface area contributed by atoms with Crippen LogP contribution in [0.3, 0.4) is 0 Å². The molecule has 1 atom stereocenters. The van der Waals surface area contributed by atoms with E-state index in [9.17, 15) is 4.79 Å². The fraction of sp³-hybridized carbons (Fsp3) is 0.312. The minimum atomic E-state index is -0.278. The Morgan fingerprint density at radius 1 is 1.46 bits per heavy atom. The van der Waals surface area contributed by atoms with Crippen LogP contribution < -0.4 is 10.6 Å². The number of nitrogens with zero attached hydrogens (tertiary/aromatic N) is 2. The lowest BCUT2D eigenvalue weighted by Gasteiger charge is -2.08. The summed E-state index contributed by atoms with van der Waals surface area (Å²) in [7, 11) is 0. The molecule has 2 heterocycles. The number of amides is 1. The average molecular weight is 362 g/mol. The number of aromatic nitrogens is 2. The number of hydrogen-bond acceptors (Lipinski definition) is 5. The van der Waals surface area contributed by atoms with E-state index in [1.165, 1.54) is 11.8 Å². The second kappa shape index (κ2) is 8.27. The number of benzene rings is 1. The van der Waals surface area contributed by atoms with Crippen molar-refractivity contribution in [3.63, 3.8) is 0 Å². The molecule has 0 spiro atoms. The van der Waals surface area contributed by atoms with Gasteiger partial charge in [0.15, 0.2) is 0 Å². The number of ether oxygens (including phenoxy) is 1.